The van der Waals surface area contributed by atoms with Crippen LogP contribution in [0.15, 0.2) is 36.7 Å². The molecule has 0 N–H and O–H groups in total. The predicted molar refractivity (Wildman–Crippen MR) is 66.1 cm³/mol. The Morgan fingerprint density at radius 1 is 1.24 bits per heavy atom. The molecule has 0 amide bonds. The van der Waals surface area contributed by atoms with Gasteiger partial charge in [0, 0.05) is 7.05 Å². The number of halogens is 2. The molecule has 1 aromatic carbocycles. The van der Waals surface area contributed by atoms with Gasteiger partial charge in [-0.25, -0.2) is 9.37 Å². The van der Waals surface area contributed by atoms with Gasteiger partial charge in [0.25, 0.3) is 0 Å². The summed E-state index contributed by atoms with van der Waals surface area (Å²) in [4.78, 5) is 9.93. The molecular weight excluding hydrogens is 241 g/mol. The largest absolute Gasteiger partial charge is 0.326 e. The van der Waals surface area contributed by atoms with Crippen LogP contribution >= 0.6 is 11.6 Å². The van der Waals surface area contributed by atoms with E-state index >= 15 is 0 Å². The van der Waals surface area contributed by atoms with E-state index in [1.807, 2.05) is 0 Å². The lowest BCUT2D eigenvalue weighted by atomic mass is 10.3. The van der Waals surface area contributed by atoms with Crippen molar-refractivity contribution in [1.29, 1.82) is 0 Å². The Kier molecular flexibility index (Phi) is 3.54. The number of alkyl halides is 1. The number of aromatic nitrogens is 2. The van der Waals surface area contributed by atoms with Crippen LogP contribution in [0.2, 0.25) is 0 Å². The Balaban J connectivity index is 2.30. The zero-order chi connectivity index (χ0) is 12.3. The molecule has 0 fully saturated rings. The summed E-state index contributed by atoms with van der Waals surface area (Å²) in [6, 6.07) is 6.52. The molecule has 0 aliphatic heterocycles. The minimum absolute atomic E-state index is 0.293. The molecule has 0 saturated heterocycles. The molecule has 2 aromatic rings. The summed E-state index contributed by atoms with van der Waals surface area (Å²) >= 11 is 5.62. The molecule has 0 unspecified atom stereocenters. The first-order valence-electron chi connectivity index (χ1n) is 5.07. The lowest BCUT2D eigenvalue weighted by Gasteiger charge is -2.18. The van der Waals surface area contributed by atoms with Crippen molar-refractivity contribution in [3.63, 3.8) is 0 Å². The first-order valence-corrected chi connectivity index (χ1v) is 5.61. The monoisotopic (exact) mass is 251 g/mol. The topological polar surface area (TPSA) is 29.0 Å². The molecule has 5 heteroatoms. The number of hydrogen-bond acceptors (Lipinski definition) is 3. The van der Waals surface area contributed by atoms with Crippen LogP contribution in [0.1, 0.15) is 5.69 Å². The second-order valence-corrected chi connectivity index (χ2v) is 3.78. The Hall–Kier alpha value is -1.68. The zero-order valence-corrected chi connectivity index (χ0v) is 10.0. The van der Waals surface area contributed by atoms with Crippen LogP contribution in [-0.4, -0.2) is 17.0 Å². The van der Waals surface area contributed by atoms with Crippen LogP contribution in [0.4, 0.5) is 15.9 Å². The van der Waals surface area contributed by atoms with E-state index in [0.717, 1.165) is 0 Å². The number of anilines is 2. The van der Waals surface area contributed by atoms with Gasteiger partial charge in [-0.1, -0.05) is 12.1 Å². The Morgan fingerprint density at radius 2 is 2.00 bits per heavy atom. The summed E-state index contributed by atoms with van der Waals surface area (Å²) in [5.41, 5.74) is 1.15. The van der Waals surface area contributed by atoms with Crippen LogP contribution in [0.25, 0.3) is 0 Å². The van der Waals surface area contributed by atoms with Crippen molar-refractivity contribution in [2.45, 2.75) is 5.88 Å². The van der Waals surface area contributed by atoms with E-state index < -0.39 is 0 Å². The van der Waals surface area contributed by atoms with E-state index in [1.54, 1.807) is 42.5 Å². The summed E-state index contributed by atoms with van der Waals surface area (Å²) < 4.78 is 13.6. The molecule has 2 rings (SSSR count). The molecule has 0 aliphatic carbocycles. The quantitative estimate of drug-likeness (QED) is 0.785. The van der Waals surface area contributed by atoms with Gasteiger partial charge in [-0.2, -0.15) is 0 Å². The second kappa shape index (κ2) is 5.10. The van der Waals surface area contributed by atoms with Crippen LogP contribution < -0.4 is 4.90 Å². The van der Waals surface area contributed by atoms with Crippen molar-refractivity contribution in [1.82, 2.24) is 9.97 Å². The average molecular weight is 252 g/mol. The third kappa shape index (κ3) is 2.53. The zero-order valence-electron chi connectivity index (χ0n) is 9.27. The van der Waals surface area contributed by atoms with E-state index in [9.17, 15) is 4.39 Å². The van der Waals surface area contributed by atoms with Gasteiger partial charge in [0.05, 0.1) is 29.7 Å². The summed E-state index contributed by atoms with van der Waals surface area (Å²) in [5, 5.41) is 0. The Morgan fingerprint density at radius 3 is 2.59 bits per heavy atom. The van der Waals surface area contributed by atoms with Gasteiger partial charge in [0.15, 0.2) is 5.82 Å². The van der Waals surface area contributed by atoms with Crippen molar-refractivity contribution >= 4 is 23.1 Å². The molecule has 0 spiro atoms. The average Bonchev–Trinajstić information content (AvgIpc) is 2.39. The maximum absolute atomic E-state index is 13.6. The number of nitrogens with zero attached hydrogens (tertiary/aromatic N) is 3. The van der Waals surface area contributed by atoms with E-state index in [2.05, 4.69) is 9.97 Å². The normalized spacial score (nSPS) is 10.3. The Bertz CT molecular complexity index is 501. The highest BCUT2D eigenvalue weighted by atomic mass is 35.5. The van der Waals surface area contributed by atoms with Gasteiger partial charge in [-0.3, -0.25) is 4.98 Å². The van der Waals surface area contributed by atoms with E-state index in [4.69, 9.17) is 11.6 Å². The molecule has 0 aliphatic rings. The fourth-order valence-corrected chi connectivity index (χ4v) is 1.58. The molecule has 88 valence electrons. The lowest BCUT2D eigenvalue weighted by molar-refractivity contribution is 0.627. The van der Waals surface area contributed by atoms with Gasteiger partial charge in [-0.15, -0.1) is 11.6 Å². The van der Waals surface area contributed by atoms with Gasteiger partial charge in [0.1, 0.15) is 5.82 Å². The summed E-state index contributed by atoms with van der Waals surface area (Å²) in [5.74, 6) is 0.596. The van der Waals surface area contributed by atoms with Crippen molar-refractivity contribution in [2.24, 2.45) is 0 Å². The van der Waals surface area contributed by atoms with Crippen molar-refractivity contribution in [3.05, 3.63) is 48.2 Å². The summed E-state index contributed by atoms with van der Waals surface area (Å²) in [6.45, 7) is 0. The third-order valence-corrected chi connectivity index (χ3v) is 2.66. The highest BCUT2D eigenvalue weighted by Crippen LogP contribution is 2.23. The fraction of sp³-hybridized carbons (Fsp3) is 0.167. The summed E-state index contributed by atoms with van der Waals surface area (Å²) in [7, 11) is 1.74. The molecule has 0 saturated carbocycles. The highest BCUT2D eigenvalue weighted by Gasteiger charge is 2.09. The standard InChI is InChI=1S/C12H11ClFN3/c1-17(11-5-3-2-4-10(11)14)12-8-15-9(6-13)7-16-12/h2-5,7-8H,6H2,1H3. The van der Waals surface area contributed by atoms with Crippen LogP contribution in [0, 0.1) is 5.82 Å². The van der Waals surface area contributed by atoms with Crippen LogP contribution in [-0.2, 0) is 5.88 Å². The lowest BCUT2D eigenvalue weighted by Crippen LogP contribution is -2.13. The van der Waals surface area contributed by atoms with E-state index in [1.165, 1.54) is 6.07 Å². The number of para-hydroxylation sites is 1. The molecule has 0 bridgehead atoms. The van der Waals surface area contributed by atoms with Gasteiger partial charge >= 0.3 is 0 Å². The van der Waals surface area contributed by atoms with E-state index in [0.29, 0.717) is 23.1 Å². The molecule has 1 aromatic heterocycles. The minimum Gasteiger partial charge on any atom is -0.326 e. The van der Waals surface area contributed by atoms with Gasteiger partial charge in [0.2, 0.25) is 0 Å². The first kappa shape index (κ1) is 11.8. The van der Waals surface area contributed by atoms with Gasteiger partial charge in [-0.05, 0) is 12.1 Å². The SMILES string of the molecule is CN(c1cnc(CCl)cn1)c1ccccc1F. The maximum Gasteiger partial charge on any atom is 0.151 e. The summed E-state index contributed by atoms with van der Waals surface area (Å²) in [6.07, 6.45) is 3.16. The smallest absolute Gasteiger partial charge is 0.151 e. The molecular formula is C12H11ClFN3. The third-order valence-electron chi connectivity index (χ3n) is 2.39. The van der Waals surface area contributed by atoms with Crippen molar-refractivity contribution < 1.29 is 4.39 Å². The molecule has 3 nitrogen and oxygen atoms in total. The first-order chi connectivity index (χ1) is 8.22. The second-order valence-electron chi connectivity index (χ2n) is 3.51. The maximum atomic E-state index is 13.6. The van der Waals surface area contributed by atoms with Crippen LogP contribution in [0.3, 0.4) is 0 Å². The Labute approximate surface area is 104 Å². The van der Waals surface area contributed by atoms with Crippen molar-refractivity contribution in [2.75, 3.05) is 11.9 Å². The van der Waals surface area contributed by atoms with Crippen molar-refractivity contribution in [3.8, 4) is 0 Å². The fourth-order valence-electron chi connectivity index (χ4n) is 1.44. The van der Waals surface area contributed by atoms with E-state index in [-0.39, 0.29) is 5.82 Å². The van der Waals surface area contributed by atoms with Crippen LogP contribution in [0.5, 0.6) is 0 Å². The number of benzene rings is 1. The molecule has 0 radical (unpaired) electrons. The molecule has 0 atom stereocenters. The highest BCUT2D eigenvalue weighted by molar-refractivity contribution is 6.16. The number of rotatable bonds is 3. The molecule has 1 heterocycles. The minimum atomic E-state index is -0.293. The van der Waals surface area contributed by atoms with Gasteiger partial charge < -0.3 is 4.90 Å². The molecule has 17 heavy (non-hydrogen) atoms. The number of hydrogen-bond donors (Lipinski definition) is 0. The predicted octanol–water partition coefficient (Wildman–Crippen LogP) is 3.12.